The van der Waals surface area contributed by atoms with Gasteiger partial charge in [0.15, 0.2) is 5.96 Å². The van der Waals surface area contributed by atoms with Gasteiger partial charge in [0.25, 0.3) is 0 Å². The predicted octanol–water partition coefficient (Wildman–Crippen LogP) is 0.876. The number of hydrogen-bond acceptors (Lipinski definition) is 5. The molecule has 0 aliphatic carbocycles. The van der Waals surface area contributed by atoms with Gasteiger partial charge in [0.05, 0.1) is 31.2 Å². The summed E-state index contributed by atoms with van der Waals surface area (Å²) in [5.74, 6) is 0.835. The van der Waals surface area contributed by atoms with E-state index in [0.29, 0.717) is 32.7 Å². The first-order valence-electron chi connectivity index (χ1n) is 9.42. The summed E-state index contributed by atoms with van der Waals surface area (Å²) < 4.78 is 33.6. The lowest BCUT2D eigenvalue weighted by atomic mass is 10.3. The molecule has 28 heavy (non-hydrogen) atoms. The molecule has 0 bridgehead atoms. The quantitative estimate of drug-likeness (QED) is 0.306. The number of guanidine groups is 1. The third-order valence-electron chi connectivity index (χ3n) is 4.23. The molecule has 1 aliphatic heterocycles. The number of aliphatic imine (C=N–C) groups is 1. The number of sulfonamides is 1. The first-order chi connectivity index (χ1) is 12.8. The van der Waals surface area contributed by atoms with Crippen molar-refractivity contribution in [1.29, 1.82) is 0 Å². The van der Waals surface area contributed by atoms with E-state index in [9.17, 15) is 8.42 Å². The van der Waals surface area contributed by atoms with Gasteiger partial charge in [0, 0.05) is 51.5 Å². The summed E-state index contributed by atoms with van der Waals surface area (Å²) in [6.45, 7) is 9.51. The van der Waals surface area contributed by atoms with Gasteiger partial charge in [-0.05, 0) is 20.8 Å². The zero-order valence-corrected chi connectivity index (χ0v) is 20.3. The van der Waals surface area contributed by atoms with Crippen molar-refractivity contribution < 1.29 is 13.2 Å². The molecule has 11 heteroatoms. The zero-order valence-electron chi connectivity index (χ0n) is 17.2. The molecule has 0 aromatic carbocycles. The minimum atomic E-state index is -3.28. The zero-order chi connectivity index (χ0) is 19.9. The fourth-order valence-corrected chi connectivity index (χ4v) is 4.13. The van der Waals surface area contributed by atoms with Crippen molar-refractivity contribution in [1.82, 2.24) is 24.3 Å². The molecule has 162 valence electrons. The van der Waals surface area contributed by atoms with Gasteiger partial charge in [-0.3, -0.25) is 4.68 Å². The number of aromatic nitrogens is 2. The van der Waals surface area contributed by atoms with E-state index >= 15 is 0 Å². The molecule has 1 aliphatic rings. The third-order valence-corrected chi connectivity index (χ3v) is 6.06. The van der Waals surface area contributed by atoms with Crippen LogP contribution in [0.1, 0.15) is 26.3 Å². The van der Waals surface area contributed by atoms with Crippen LogP contribution in [-0.4, -0.2) is 84.6 Å². The fourth-order valence-electron chi connectivity index (χ4n) is 2.84. The van der Waals surface area contributed by atoms with Crippen molar-refractivity contribution in [2.75, 3.05) is 45.1 Å². The Kier molecular flexibility index (Phi) is 10.7. The van der Waals surface area contributed by atoms with Gasteiger partial charge < -0.3 is 15.0 Å². The maximum Gasteiger partial charge on any atom is 0.216 e. The maximum absolute atomic E-state index is 12.5. The minimum absolute atomic E-state index is 0. The lowest BCUT2D eigenvalue weighted by molar-refractivity contribution is 0.0904. The standard InChI is InChI=1S/C17H32N6O3S.HI/c1-5-18-17(19-12-16-13-20-21(4)14-16)22-6-8-23(9-7-22)27(24,25)11-10-26-15(2)3;/h13-15H,5-12H2,1-4H3,(H,18,19);1H. The van der Waals surface area contributed by atoms with Crippen LogP contribution in [0.15, 0.2) is 17.4 Å². The monoisotopic (exact) mass is 528 g/mol. The second kappa shape index (κ2) is 11.9. The molecule has 1 saturated heterocycles. The van der Waals surface area contributed by atoms with Crippen LogP contribution >= 0.6 is 24.0 Å². The highest BCUT2D eigenvalue weighted by molar-refractivity contribution is 14.0. The molecule has 0 radical (unpaired) electrons. The summed E-state index contributed by atoms with van der Waals surface area (Å²) in [5, 5.41) is 7.45. The number of aryl methyl sites for hydroxylation is 1. The van der Waals surface area contributed by atoms with Gasteiger partial charge in [0.2, 0.25) is 10.0 Å². The maximum atomic E-state index is 12.5. The molecule has 0 spiro atoms. The second-order valence-corrected chi connectivity index (χ2v) is 8.90. The van der Waals surface area contributed by atoms with Gasteiger partial charge in [-0.1, -0.05) is 0 Å². The third kappa shape index (κ3) is 7.84. The molecule has 2 rings (SSSR count). The SMILES string of the molecule is CCNC(=NCc1cnn(C)c1)N1CCN(S(=O)(=O)CCOC(C)C)CC1.I. The van der Waals surface area contributed by atoms with Crippen LogP contribution in [0, 0.1) is 0 Å². The molecule has 1 aromatic rings. The van der Waals surface area contributed by atoms with E-state index in [4.69, 9.17) is 4.74 Å². The Morgan fingerprint density at radius 2 is 2.00 bits per heavy atom. The number of hydrogen-bond donors (Lipinski definition) is 1. The Morgan fingerprint density at radius 1 is 1.32 bits per heavy atom. The smallest absolute Gasteiger partial charge is 0.216 e. The van der Waals surface area contributed by atoms with E-state index in [1.54, 1.807) is 15.2 Å². The first kappa shape index (κ1) is 25.1. The summed E-state index contributed by atoms with van der Waals surface area (Å²) >= 11 is 0. The average Bonchev–Trinajstić information content (AvgIpc) is 3.03. The molecule has 0 amide bonds. The molecule has 0 saturated carbocycles. The van der Waals surface area contributed by atoms with Crippen molar-refractivity contribution in [3.8, 4) is 0 Å². The Bertz CT molecular complexity index is 714. The molecule has 1 fully saturated rings. The van der Waals surface area contributed by atoms with E-state index in [1.165, 1.54) is 0 Å². The Labute approximate surface area is 185 Å². The lowest BCUT2D eigenvalue weighted by Gasteiger charge is -2.35. The van der Waals surface area contributed by atoms with Crippen molar-refractivity contribution in [2.45, 2.75) is 33.4 Å². The number of rotatable bonds is 8. The summed E-state index contributed by atoms with van der Waals surface area (Å²) in [6.07, 6.45) is 3.78. The van der Waals surface area contributed by atoms with Gasteiger partial charge in [0.1, 0.15) is 0 Å². The van der Waals surface area contributed by atoms with Crippen LogP contribution in [-0.2, 0) is 28.4 Å². The van der Waals surface area contributed by atoms with Crippen LogP contribution in [0.2, 0.25) is 0 Å². The Hall–Kier alpha value is -0.920. The van der Waals surface area contributed by atoms with Gasteiger partial charge in [-0.25, -0.2) is 13.4 Å². The predicted molar refractivity (Wildman–Crippen MR) is 121 cm³/mol. The van der Waals surface area contributed by atoms with Crippen molar-refractivity contribution >= 4 is 40.0 Å². The van der Waals surface area contributed by atoms with E-state index < -0.39 is 10.0 Å². The summed E-state index contributed by atoms with van der Waals surface area (Å²) in [4.78, 5) is 6.77. The number of nitrogens with zero attached hydrogens (tertiary/aromatic N) is 5. The van der Waals surface area contributed by atoms with E-state index in [-0.39, 0.29) is 42.4 Å². The van der Waals surface area contributed by atoms with Crippen LogP contribution < -0.4 is 5.32 Å². The summed E-state index contributed by atoms with van der Waals surface area (Å²) in [5.41, 5.74) is 1.04. The van der Waals surface area contributed by atoms with Crippen molar-refractivity contribution in [2.24, 2.45) is 12.0 Å². The molecule has 2 heterocycles. The highest BCUT2D eigenvalue weighted by atomic mass is 127. The Balaban J connectivity index is 0.00000392. The number of halogens is 1. The van der Waals surface area contributed by atoms with Crippen molar-refractivity contribution in [3.63, 3.8) is 0 Å². The molecule has 1 aromatic heterocycles. The van der Waals surface area contributed by atoms with E-state index in [1.807, 2.05) is 34.0 Å². The molecular formula is C17H33IN6O3S. The largest absolute Gasteiger partial charge is 0.378 e. The van der Waals surface area contributed by atoms with Crippen LogP contribution in [0.25, 0.3) is 0 Å². The lowest BCUT2D eigenvalue weighted by Crippen LogP contribution is -2.54. The van der Waals surface area contributed by atoms with Gasteiger partial charge >= 0.3 is 0 Å². The molecular weight excluding hydrogens is 495 g/mol. The fraction of sp³-hybridized carbons (Fsp3) is 0.765. The first-order valence-corrected chi connectivity index (χ1v) is 11.0. The average molecular weight is 528 g/mol. The van der Waals surface area contributed by atoms with Crippen LogP contribution in [0.3, 0.4) is 0 Å². The van der Waals surface area contributed by atoms with E-state index in [2.05, 4.69) is 20.3 Å². The number of piperazine rings is 1. The highest BCUT2D eigenvalue weighted by Crippen LogP contribution is 2.10. The van der Waals surface area contributed by atoms with Gasteiger partial charge in [-0.2, -0.15) is 9.40 Å². The number of ether oxygens (including phenoxy) is 1. The summed E-state index contributed by atoms with van der Waals surface area (Å²) in [7, 11) is -1.40. The molecule has 9 nitrogen and oxygen atoms in total. The topological polar surface area (TPSA) is 92.1 Å². The molecule has 0 unspecified atom stereocenters. The van der Waals surface area contributed by atoms with Gasteiger partial charge in [-0.15, -0.1) is 24.0 Å². The Morgan fingerprint density at radius 3 is 2.54 bits per heavy atom. The second-order valence-electron chi connectivity index (χ2n) is 6.81. The number of nitrogens with one attached hydrogen (secondary N) is 1. The van der Waals surface area contributed by atoms with Crippen LogP contribution in [0.4, 0.5) is 0 Å². The normalized spacial score (nSPS) is 16.3. The highest BCUT2D eigenvalue weighted by Gasteiger charge is 2.28. The molecule has 1 N–H and O–H groups in total. The molecule has 0 atom stereocenters. The minimum Gasteiger partial charge on any atom is -0.378 e. The van der Waals surface area contributed by atoms with E-state index in [0.717, 1.165) is 18.1 Å². The summed E-state index contributed by atoms with van der Waals surface area (Å²) in [6, 6.07) is 0. The van der Waals surface area contributed by atoms with Crippen LogP contribution in [0.5, 0.6) is 0 Å². The van der Waals surface area contributed by atoms with Crippen molar-refractivity contribution in [3.05, 3.63) is 18.0 Å².